The Kier molecular flexibility index (Phi) is 4.79. The molecule has 0 spiro atoms. The number of carbonyl (C=O) groups is 3. The molecule has 0 atom stereocenters. The number of benzene rings is 1. The number of hydrogen-bond acceptors (Lipinski definition) is 5. The SMILES string of the molecule is O=C(CCNC(=O)C12CC3CC(CC(C3)C1)C2)NNC(=O)c1ccc2c(c1)OCO2. The van der Waals surface area contributed by atoms with Crippen molar-refractivity contribution in [1.82, 2.24) is 16.2 Å². The minimum atomic E-state index is -0.445. The minimum Gasteiger partial charge on any atom is -0.454 e. The molecular weight excluding hydrogens is 386 g/mol. The maximum Gasteiger partial charge on any atom is 0.269 e. The van der Waals surface area contributed by atoms with E-state index in [9.17, 15) is 14.4 Å². The van der Waals surface area contributed by atoms with Crippen molar-refractivity contribution >= 4 is 17.7 Å². The van der Waals surface area contributed by atoms with Gasteiger partial charge in [-0.2, -0.15) is 0 Å². The summed E-state index contributed by atoms with van der Waals surface area (Å²) in [6.07, 6.45) is 6.99. The Morgan fingerprint density at radius 1 is 0.933 bits per heavy atom. The van der Waals surface area contributed by atoms with E-state index in [1.165, 1.54) is 19.3 Å². The Bertz CT molecular complexity index is 848. The van der Waals surface area contributed by atoms with Gasteiger partial charge < -0.3 is 14.8 Å². The molecule has 1 aromatic carbocycles. The standard InChI is InChI=1S/C22H27N3O5/c26-19(24-25-20(27)16-1-2-17-18(8-16)30-12-29-17)3-4-23-21(28)22-9-13-5-14(10-22)7-15(6-13)11-22/h1-2,8,13-15H,3-7,9-12H2,(H,23,28)(H,24,26)(H,25,27). The lowest BCUT2D eigenvalue weighted by molar-refractivity contribution is -0.146. The predicted molar refractivity (Wildman–Crippen MR) is 106 cm³/mol. The van der Waals surface area contributed by atoms with Crippen LogP contribution in [0.3, 0.4) is 0 Å². The van der Waals surface area contributed by atoms with Gasteiger partial charge in [-0.25, -0.2) is 0 Å². The van der Waals surface area contributed by atoms with Crippen LogP contribution in [0.1, 0.15) is 55.3 Å². The molecular formula is C22H27N3O5. The van der Waals surface area contributed by atoms with Gasteiger partial charge in [-0.1, -0.05) is 0 Å². The van der Waals surface area contributed by atoms with E-state index in [4.69, 9.17) is 9.47 Å². The summed E-state index contributed by atoms with van der Waals surface area (Å²) in [6, 6.07) is 4.81. The lowest BCUT2D eigenvalue weighted by Gasteiger charge is -2.55. The second-order valence-corrected chi connectivity index (χ2v) is 9.27. The predicted octanol–water partition coefficient (Wildman–Crippen LogP) is 1.90. The first kappa shape index (κ1) is 19.2. The Balaban J connectivity index is 1.06. The highest BCUT2D eigenvalue weighted by molar-refractivity contribution is 5.96. The van der Waals surface area contributed by atoms with Gasteiger partial charge in [-0.15, -0.1) is 0 Å². The normalized spacial score (nSPS) is 30.1. The molecule has 1 aliphatic heterocycles. The third-order valence-electron chi connectivity index (χ3n) is 7.11. The molecule has 0 aromatic heterocycles. The summed E-state index contributed by atoms with van der Waals surface area (Å²) in [6.45, 7) is 0.401. The summed E-state index contributed by atoms with van der Waals surface area (Å²) < 4.78 is 10.5. The molecule has 1 heterocycles. The molecule has 4 aliphatic carbocycles. The van der Waals surface area contributed by atoms with Crippen LogP contribution in [0, 0.1) is 23.2 Å². The number of hydrazine groups is 1. The molecule has 8 nitrogen and oxygen atoms in total. The fraction of sp³-hybridized carbons (Fsp3) is 0.591. The van der Waals surface area contributed by atoms with Crippen LogP contribution in [0.2, 0.25) is 0 Å². The van der Waals surface area contributed by atoms with Crippen molar-refractivity contribution in [1.29, 1.82) is 0 Å². The number of carbonyl (C=O) groups excluding carboxylic acids is 3. The molecule has 0 unspecified atom stereocenters. The summed E-state index contributed by atoms with van der Waals surface area (Å²) in [5.41, 5.74) is 4.93. The van der Waals surface area contributed by atoms with Crippen molar-refractivity contribution in [3.8, 4) is 11.5 Å². The number of fused-ring (bicyclic) bond motifs is 1. The average molecular weight is 413 g/mol. The maximum absolute atomic E-state index is 12.9. The van der Waals surface area contributed by atoms with E-state index in [2.05, 4.69) is 16.2 Å². The summed E-state index contributed by atoms with van der Waals surface area (Å²) in [4.78, 5) is 37.2. The topological polar surface area (TPSA) is 106 Å². The van der Waals surface area contributed by atoms with Gasteiger partial charge in [0.15, 0.2) is 11.5 Å². The molecule has 0 radical (unpaired) electrons. The summed E-state index contributed by atoms with van der Waals surface area (Å²) >= 11 is 0. The highest BCUT2D eigenvalue weighted by atomic mass is 16.7. The van der Waals surface area contributed by atoms with Gasteiger partial charge in [0.25, 0.3) is 5.91 Å². The van der Waals surface area contributed by atoms with Gasteiger partial charge in [-0.05, 0) is 74.5 Å². The molecule has 4 bridgehead atoms. The first-order chi connectivity index (χ1) is 14.5. The van der Waals surface area contributed by atoms with E-state index in [-0.39, 0.29) is 37.0 Å². The summed E-state index contributed by atoms with van der Waals surface area (Å²) in [5.74, 6) is 2.52. The number of ether oxygens (including phenoxy) is 2. The molecule has 3 amide bonds. The van der Waals surface area contributed by atoms with Crippen LogP contribution in [-0.4, -0.2) is 31.1 Å². The zero-order chi connectivity index (χ0) is 20.7. The molecule has 4 saturated carbocycles. The number of nitrogens with one attached hydrogen (secondary N) is 3. The van der Waals surface area contributed by atoms with Crippen LogP contribution >= 0.6 is 0 Å². The molecule has 4 fully saturated rings. The zero-order valence-electron chi connectivity index (χ0n) is 16.9. The van der Waals surface area contributed by atoms with Crippen LogP contribution in [0.25, 0.3) is 0 Å². The van der Waals surface area contributed by atoms with Crippen molar-refractivity contribution in [3.63, 3.8) is 0 Å². The molecule has 30 heavy (non-hydrogen) atoms. The number of rotatable bonds is 5. The Labute approximate surface area is 175 Å². The molecule has 6 rings (SSSR count). The van der Waals surface area contributed by atoms with Crippen LogP contribution in [-0.2, 0) is 9.59 Å². The Morgan fingerprint density at radius 2 is 1.60 bits per heavy atom. The van der Waals surface area contributed by atoms with Gasteiger partial charge in [0.05, 0.1) is 0 Å². The number of hydrogen-bond donors (Lipinski definition) is 3. The lowest BCUT2D eigenvalue weighted by Crippen LogP contribution is -2.54. The fourth-order valence-electron chi connectivity index (χ4n) is 6.16. The molecule has 0 saturated heterocycles. The minimum absolute atomic E-state index is 0.110. The first-order valence-corrected chi connectivity index (χ1v) is 10.8. The van der Waals surface area contributed by atoms with E-state index in [1.54, 1.807) is 18.2 Å². The summed E-state index contributed by atoms with van der Waals surface area (Å²) in [7, 11) is 0. The van der Waals surface area contributed by atoms with Gasteiger partial charge in [-0.3, -0.25) is 25.2 Å². The van der Waals surface area contributed by atoms with Crippen LogP contribution in [0.5, 0.6) is 11.5 Å². The van der Waals surface area contributed by atoms with Crippen LogP contribution in [0.15, 0.2) is 18.2 Å². The van der Waals surface area contributed by atoms with Crippen LogP contribution < -0.4 is 25.6 Å². The molecule has 5 aliphatic rings. The smallest absolute Gasteiger partial charge is 0.269 e. The molecule has 3 N–H and O–H groups in total. The first-order valence-electron chi connectivity index (χ1n) is 10.8. The van der Waals surface area contributed by atoms with E-state index >= 15 is 0 Å². The monoisotopic (exact) mass is 413 g/mol. The van der Waals surface area contributed by atoms with E-state index < -0.39 is 5.91 Å². The summed E-state index contributed by atoms with van der Waals surface area (Å²) in [5, 5.41) is 2.98. The van der Waals surface area contributed by atoms with Crippen LogP contribution in [0.4, 0.5) is 0 Å². The lowest BCUT2D eigenvalue weighted by atomic mass is 9.49. The Morgan fingerprint density at radius 3 is 2.30 bits per heavy atom. The van der Waals surface area contributed by atoms with Gasteiger partial charge >= 0.3 is 0 Å². The van der Waals surface area contributed by atoms with Gasteiger partial charge in [0.2, 0.25) is 18.6 Å². The maximum atomic E-state index is 12.9. The molecule has 8 heteroatoms. The Hall–Kier alpha value is -2.77. The second-order valence-electron chi connectivity index (χ2n) is 9.27. The van der Waals surface area contributed by atoms with Gasteiger partial charge in [0.1, 0.15) is 0 Å². The van der Waals surface area contributed by atoms with Crippen molar-refractivity contribution in [2.75, 3.05) is 13.3 Å². The highest BCUT2D eigenvalue weighted by Gasteiger charge is 2.54. The van der Waals surface area contributed by atoms with E-state index in [1.807, 2.05) is 0 Å². The molecule has 1 aromatic rings. The number of amides is 3. The van der Waals surface area contributed by atoms with Crippen molar-refractivity contribution in [2.24, 2.45) is 23.2 Å². The second kappa shape index (κ2) is 7.49. The van der Waals surface area contributed by atoms with Crippen molar-refractivity contribution < 1.29 is 23.9 Å². The average Bonchev–Trinajstić information content (AvgIpc) is 3.19. The highest BCUT2D eigenvalue weighted by Crippen LogP contribution is 2.60. The molecule has 160 valence electrons. The zero-order valence-corrected chi connectivity index (χ0v) is 16.9. The van der Waals surface area contributed by atoms with E-state index in [0.29, 0.717) is 34.8 Å². The quantitative estimate of drug-likeness (QED) is 0.640. The van der Waals surface area contributed by atoms with Gasteiger partial charge in [0, 0.05) is 23.9 Å². The van der Waals surface area contributed by atoms with Crippen molar-refractivity contribution in [2.45, 2.75) is 44.9 Å². The third-order valence-corrected chi connectivity index (χ3v) is 7.11. The third kappa shape index (κ3) is 3.59. The fourth-order valence-corrected chi connectivity index (χ4v) is 6.16. The largest absolute Gasteiger partial charge is 0.454 e. The van der Waals surface area contributed by atoms with Crippen molar-refractivity contribution in [3.05, 3.63) is 23.8 Å². The van der Waals surface area contributed by atoms with E-state index in [0.717, 1.165) is 19.3 Å².